The molecule has 0 bridgehead atoms. The smallest absolute Gasteiger partial charge is 0.265 e. The lowest BCUT2D eigenvalue weighted by atomic mass is 10.0. The normalized spacial score (nSPS) is 10.3. The van der Waals surface area contributed by atoms with Crippen molar-refractivity contribution in [1.82, 2.24) is 5.43 Å². The highest BCUT2D eigenvalue weighted by Gasteiger charge is 2.04. The van der Waals surface area contributed by atoms with E-state index in [9.17, 15) is 4.79 Å². The number of carbonyl (C=O) groups is 1. The third-order valence-corrected chi connectivity index (χ3v) is 3.23. The topological polar surface area (TPSA) is 73.6 Å². The Morgan fingerprint density at radius 1 is 1.00 bits per heavy atom. The van der Waals surface area contributed by atoms with Crippen LogP contribution in [0.4, 0.5) is 0 Å². The molecule has 0 spiro atoms. The molecule has 2 aromatic rings. The Hall–Kier alpha value is -2.37. The Labute approximate surface area is 130 Å². The summed E-state index contributed by atoms with van der Waals surface area (Å²) in [5.41, 5.74) is 4.73. The number of hydrogen-bond donors (Lipinski definition) is 2. The second kappa shape index (κ2) is 8.17. The summed E-state index contributed by atoms with van der Waals surface area (Å²) in [6.07, 6.45) is 0.864. The molecule has 5 heteroatoms. The first-order valence-corrected chi connectivity index (χ1v) is 7.08. The Kier molecular flexibility index (Phi) is 5.94. The summed E-state index contributed by atoms with van der Waals surface area (Å²) in [4.78, 5) is 11.4. The quantitative estimate of drug-likeness (QED) is 0.356. The Bertz CT molecular complexity index is 594. The van der Waals surface area contributed by atoms with Crippen molar-refractivity contribution in [3.63, 3.8) is 0 Å². The minimum atomic E-state index is -0.300. The molecule has 0 fully saturated rings. The molecule has 1 amide bonds. The standard InChI is InChI=1S/C17H20N2O3/c1-21-11-2-12-22-16-9-7-14(8-10-16)13-3-5-15(6-4-13)17(20)19-18/h3-10H,2,11-12,18H2,1H3,(H,19,20). The maximum Gasteiger partial charge on any atom is 0.265 e. The Morgan fingerprint density at radius 2 is 1.59 bits per heavy atom. The van der Waals surface area contributed by atoms with Gasteiger partial charge >= 0.3 is 0 Å². The highest BCUT2D eigenvalue weighted by atomic mass is 16.5. The molecule has 0 unspecified atom stereocenters. The molecule has 0 atom stereocenters. The van der Waals surface area contributed by atoms with Gasteiger partial charge in [-0.2, -0.15) is 0 Å². The first-order chi connectivity index (χ1) is 10.7. The number of carbonyl (C=O) groups excluding carboxylic acids is 1. The van der Waals surface area contributed by atoms with Crippen molar-refractivity contribution < 1.29 is 14.3 Å². The maximum atomic E-state index is 11.4. The fourth-order valence-corrected chi connectivity index (χ4v) is 2.03. The average Bonchev–Trinajstić information content (AvgIpc) is 2.59. The number of hydrazine groups is 1. The molecule has 0 saturated heterocycles. The number of nitrogens with one attached hydrogen (secondary N) is 1. The van der Waals surface area contributed by atoms with Crippen LogP contribution in [0.3, 0.4) is 0 Å². The van der Waals surface area contributed by atoms with Crippen molar-refractivity contribution in [3.8, 4) is 16.9 Å². The van der Waals surface area contributed by atoms with E-state index in [2.05, 4.69) is 5.43 Å². The van der Waals surface area contributed by atoms with Crippen LogP contribution in [0.25, 0.3) is 11.1 Å². The van der Waals surface area contributed by atoms with Gasteiger partial charge < -0.3 is 9.47 Å². The van der Waals surface area contributed by atoms with E-state index >= 15 is 0 Å². The SMILES string of the molecule is COCCCOc1ccc(-c2ccc(C(=O)NN)cc2)cc1. The van der Waals surface area contributed by atoms with Crippen LogP contribution in [-0.2, 0) is 4.74 Å². The monoisotopic (exact) mass is 300 g/mol. The summed E-state index contributed by atoms with van der Waals surface area (Å²) in [5.74, 6) is 5.64. The van der Waals surface area contributed by atoms with Gasteiger partial charge in [-0.25, -0.2) is 5.84 Å². The van der Waals surface area contributed by atoms with Crippen molar-refractivity contribution in [3.05, 3.63) is 54.1 Å². The largest absolute Gasteiger partial charge is 0.494 e. The lowest BCUT2D eigenvalue weighted by molar-refractivity contribution is 0.0953. The number of hydrogen-bond acceptors (Lipinski definition) is 4. The molecule has 5 nitrogen and oxygen atoms in total. The number of amides is 1. The third-order valence-electron chi connectivity index (χ3n) is 3.23. The van der Waals surface area contributed by atoms with Gasteiger partial charge in [0.2, 0.25) is 0 Å². The van der Waals surface area contributed by atoms with Crippen LogP contribution >= 0.6 is 0 Å². The lowest BCUT2D eigenvalue weighted by Crippen LogP contribution is -2.29. The van der Waals surface area contributed by atoms with Crippen LogP contribution in [0.15, 0.2) is 48.5 Å². The highest BCUT2D eigenvalue weighted by molar-refractivity contribution is 5.94. The second-order valence-electron chi connectivity index (χ2n) is 4.77. The zero-order valence-corrected chi connectivity index (χ0v) is 12.5. The maximum absolute atomic E-state index is 11.4. The molecule has 0 saturated carbocycles. The van der Waals surface area contributed by atoms with Crippen LogP contribution in [0.1, 0.15) is 16.8 Å². The molecule has 0 radical (unpaired) electrons. The minimum Gasteiger partial charge on any atom is -0.494 e. The van der Waals surface area contributed by atoms with Gasteiger partial charge in [0.15, 0.2) is 0 Å². The number of nitrogens with two attached hydrogens (primary N) is 1. The van der Waals surface area contributed by atoms with E-state index in [1.54, 1.807) is 19.2 Å². The summed E-state index contributed by atoms with van der Waals surface area (Å²) in [5, 5.41) is 0. The van der Waals surface area contributed by atoms with E-state index in [-0.39, 0.29) is 5.91 Å². The molecule has 22 heavy (non-hydrogen) atoms. The van der Waals surface area contributed by atoms with E-state index in [1.807, 2.05) is 36.4 Å². The fourth-order valence-electron chi connectivity index (χ4n) is 2.03. The molecular formula is C17H20N2O3. The molecule has 0 aliphatic carbocycles. The van der Waals surface area contributed by atoms with E-state index in [4.69, 9.17) is 15.3 Å². The van der Waals surface area contributed by atoms with Crippen LogP contribution in [0, 0.1) is 0 Å². The zero-order chi connectivity index (χ0) is 15.8. The van der Waals surface area contributed by atoms with Gasteiger partial charge in [0.25, 0.3) is 5.91 Å². The number of nitrogen functional groups attached to an aromatic ring is 1. The highest BCUT2D eigenvalue weighted by Crippen LogP contribution is 2.23. The van der Waals surface area contributed by atoms with Gasteiger partial charge in [-0.3, -0.25) is 10.2 Å². The molecule has 0 aromatic heterocycles. The van der Waals surface area contributed by atoms with Crippen molar-refractivity contribution >= 4 is 5.91 Å². The summed E-state index contributed by atoms with van der Waals surface area (Å²) in [7, 11) is 1.68. The van der Waals surface area contributed by atoms with E-state index in [1.165, 1.54) is 0 Å². The molecular weight excluding hydrogens is 280 g/mol. The van der Waals surface area contributed by atoms with Crippen molar-refractivity contribution in [1.29, 1.82) is 0 Å². The first kappa shape index (κ1) is 16.0. The van der Waals surface area contributed by atoms with Crippen molar-refractivity contribution in [2.75, 3.05) is 20.3 Å². The number of rotatable bonds is 7. The third kappa shape index (κ3) is 4.31. The van der Waals surface area contributed by atoms with Gasteiger partial charge in [0, 0.05) is 25.7 Å². The van der Waals surface area contributed by atoms with Gasteiger partial charge in [-0.15, -0.1) is 0 Å². The summed E-state index contributed by atoms with van der Waals surface area (Å²) in [6, 6.07) is 15.1. The first-order valence-electron chi connectivity index (χ1n) is 7.08. The number of methoxy groups -OCH3 is 1. The fraction of sp³-hybridized carbons (Fsp3) is 0.235. The Balaban J connectivity index is 1.99. The van der Waals surface area contributed by atoms with Crippen LogP contribution < -0.4 is 16.0 Å². The molecule has 3 N–H and O–H groups in total. The predicted molar refractivity (Wildman–Crippen MR) is 85.5 cm³/mol. The Morgan fingerprint density at radius 3 is 2.14 bits per heavy atom. The van der Waals surface area contributed by atoms with Gasteiger partial charge in [0.1, 0.15) is 5.75 Å². The van der Waals surface area contributed by atoms with Gasteiger partial charge in [-0.1, -0.05) is 24.3 Å². The molecule has 0 aliphatic heterocycles. The van der Waals surface area contributed by atoms with E-state index in [0.29, 0.717) is 18.8 Å². The number of ether oxygens (including phenoxy) is 2. The lowest BCUT2D eigenvalue weighted by Gasteiger charge is -2.07. The second-order valence-corrected chi connectivity index (χ2v) is 4.77. The van der Waals surface area contributed by atoms with E-state index < -0.39 is 0 Å². The molecule has 0 aliphatic rings. The minimum absolute atomic E-state index is 0.300. The van der Waals surface area contributed by atoms with Crippen LogP contribution in [-0.4, -0.2) is 26.2 Å². The molecule has 2 rings (SSSR count). The molecule has 0 heterocycles. The average molecular weight is 300 g/mol. The summed E-state index contributed by atoms with van der Waals surface area (Å²) in [6.45, 7) is 1.33. The zero-order valence-electron chi connectivity index (χ0n) is 12.5. The van der Waals surface area contributed by atoms with Gasteiger partial charge in [0.05, 0.1) is 6.61 Å². The summed E-state index contributed by atoms with van der Waals surface area (Å²) < 4.78 is 10.6. The van der Waals surface area contributed by atoms with Crippen molar-refractivity contribution in [2.45, 2.75) is 6.42 Å². The van der Waals surface area contributed by atoms with Crippen LogP contribution in [0.2, 0.25) is 0 Å². The molecule has 116 valence electrons. The molecule has 2 aromatic carbocycles. The number of benzene rings is 2. The van der Waals surface area contributed by atoms with E-state index in [0.717, 1.165) is 23.3 Å². The summed E-state index contributed by atoms with van der Waals surface area (Å²) >= 11 is 0. The van der Waals surface area contributed by atoms with Gasteiger partial charge in [-0.05, 0) is 35.4 Å². The predicted octanol–water partition coefficient (Wildman–Crippen LogP) is 2.37. The van der Waals surface area contributed by atoms with Crippen LogP contribution in [0.5, 0.6) is 5.75 Å². The van der Waals surface area contributed by atoms with Crippen molar-refractivity contribution in [2.24, 2.45) is 5.84 Å².